The Morgan fingerprint density at radius 3 is 2.81 bits per heavy atom. The maximum absolute atomic E-state index is 12.0. The monoisotopic (exact) mass is 222 g/mol. The highest BCUT2D eigenvalue weighted by Gasteiger charge is 2.31. The van der Waals surface area contributed by atoms with E-state index in [0.717, 1.165) is 0 Å². The molecule has 1 fully saturated rings. The summed E-state index contributed by atoms with van der Waals surface area (Å²) in [5.74, 6) is 0.270. The van der Waals surface area contributed by atoms with Crippen molar-refractivity contribution in [2.45, 2.75) is 6.10 Å². The normalized spacial score (nSPS) is 15.8. The van der Waals surface area contributed by atoms with Gasteiger partial charge in [0.2, 0.25) is 0 Å². The molecule has 0 spiro atoms. The molecule has 0 aromatic heterocycles. The number of nitrogens with two attached hydrogens (primary N) is 1. The third-order valence-electron chi connectivity index (χ3n) is 2.64. The number of aliphatic hydroxyl groups excluding tert-OH is 1. The van der Waals surface area contributed by atoms with Crippen molar-refractivity contribution in [1.29, 1.82) is 0 Å². The third kappa shape index (κ3) is 1.69. The van der Waals surface area contributed by atoms with E-state index in [-0.39, 0.29) is 5.91 Å². The van der Waals surface area contributed by atoms with E-state index >= 15 is 0 Å². The molecule has 1 aliphatic heterocycles. The summed E-state index contributed by atoms with van der Waals surface area (Å²) in [6, 6.07) is 5.08. The van der Waals surface area contributed by atoms with Crippen molar-refractivity contribution in [1.82, 2.24) is 4.90 Å². The van der Waals surface area contributed by atoms with Crippen molar-refractivity contribution in [2.24, 2.45) is 0 Å². The Morgan fingerprint density at radius 1 is 1.56 bits per heavy atom. The first-order valence-corrected chi connectivity index (χ1v) is 5.03. The van der Waals surface area contributed by atoms with E-state index in [1.807, 2.05) is 0 Å². The Morgan fingerprint density at radius 2 is 2.25 bits per heavy atom. The number of hydrogen-bond acceptors (Lipinski definition) is 4. The summed E-state index contributed by atoms with van der Waals surface area (Å²) in [7, 11) is 1.50. The number of carbonyl (C=O) groups excluding carboxylic acids is 1. The van der Waals surface area contributed by atoms with Crippen molar-refractivity contribution in [3.05, 3.63) is 23.8 Å². The minimum absolute atomic E-state index is 0.194. The topological polar surface area (TPSA) is 75.8 Å². The number of nitrogen functional groups attached to an aromatic ring is 1. The fourth-order valence-corrected chi connectivity index (χ4v) is 1.73. The molecule has 0 bridgehead atoms. The van der Waals surface area contributed by atoms with E-state index in [9.17, 15) is 4.79 Å². The fourth-order valence-electron chi connectivity index (χ4n) is 1.73. The molecule has 0 atom stereocenters. The Labute approximate surface area is 93.4 Å². The number of methoxy groups -OCH3 is 1. The number of aliphatic hydroxyl groups is 1. The van der Waals surface area contributed by atoms with Crippen molar-refractivity contribution < 1.29 is 14.6 Å². The number of nitrogens with zero attached hydrogens (tertiary/aromatic N) is 1. The second kappa shape index (κ2) is 4.02. The molecule has 5 heteroatoms. The molecule has 16 heavy (non-hydrogen) atoms. The van der Waals surface area contributed by atoms with Gasteiger partial charge in [0, 0.05) is 18.8 Å². The number of hydrogen-bond donors (Lipinski definition) is 2. The van der Waals surface area contributed by atoms with E-state index in [0.29, 0.717) is 30.1 Å². The van der Waals surface area contributed by atoms with Gasteiger partial charge in [-0.25, -0.2) is 0 Å². The highest BCUT2D eigenvalue weighted by molar-refractivity contribution is 6.02. The smallest absolute Gasteiger partial charge is 0.259 e. The number of benzene rings is 1. The maximum Gasteiger partial charge on any atom is 0.259 e. The highest BCUT2D eigenvalue weighted by atomic mass is 16.5. The number of anilines is 1. The van der Waals surface area contributed by atoms with Gasteiger partial charge in [-0.3, -0.25) is 4.79 Å². The van der Waals surface area contributed by atoms with Gasteiger partial charge < -0.3 is 20.5 Å². The molecular formula is C11H14N2O3. The van der Waals surface area contributed by atoms with Crippen molar-refractivity contribution in [3.8, 4) is 5.75 Å². The molecule has 2 rings (SSSR count). The largest absolute Gasteiger partial charge is 0.496 e. The molecule has 1 aromatic carbocycles. The quantitative estimate of drug-likeness (QED) is 0.695. The van der Waals surface area contributed by atoms with E-state index in [1.54, 1.807) is 23.1 Å². The summed E-state index contributed by atoms with van der Waals surface area (Å²) >= 11 is 0. The lowest BCUT2D eigenvalue weighted by atomic mass is 10.1. The summed E-state index contributed by atoms with van der Waals surface area (Å²) in [4.78, 5) is 13.6. The molecule has 0 radical (unpaired) electrons. The molecule has 5 nitrogen and oxygen atoms in total. The van der Waals surface area contributed by atoms with Crippen LogP contribution in [0.3, 0.4) is 0 Å². The molecule has 0 saturated carbocycles. The third-order valence-corrected chi connectivity index (χ3v) is 2.64. The number of rotatable bonds is 2. The molecule has 86 valence electrons. The first kappa shape index (κ1) is 10.8. The molecule has 1 saturated heterocycles. The van der Waals surface area contributed by atoms with Crippen LogP contribution in [0.4, 0.5) is 5.69 Å². The van der Waals surface area contributed by atoms with Crippen LogP contribution < -0.4 is 10.5 Å². The number of carbonyl (C=O) groups is 1. The van der Waals surface area contributed by atoms with E-state index in [4.69, 9.17) is 15.6 Å². The first-order valence-electron chi connectivity index (χ1n) is 5.03. The van der Waals surface area contributed by atoms with Crippen LogP contribution in [0.1, 0.15) is 10.4 Å². The average molecular weight is 222 g/mol. The number of amides is 1. The van der Waals surface area contributed by atoms with Crippen LogP contribution in [-0.2, 0) is 0 Å². The van der Waals surface area contributed by atoms with Gasteiger partial charge in [-0.1, -0.05) is 6.07 Å². The Bertz CT molecular complexity index is 414. The fraction of sp³-hybridized carbons (Fsp3) is 0.364. The van der Waals surface area contributed by atoms with E-state index < -0.39 is 6.10 Å². The zero-order chi connectivity index (χ0) is 11.7. The van der Waals surface area contributed by atoms with Gasteiger partial charge in [-0.15, -0.1) is 0 Å². The zero-order valence-electron chi connectivity index (χ0n) is 9.01. The van der Waals surface area contributed by atoms with Crippen LogP contribution in [0.15, 0.2) is 18.2 Å². The molecule has 0 aliphatic carbocycles. The number of β-amino-alcohol motifs (C(OH)–C–C–N with tert-alkyl or cyclic N) is 1. The van der Waals surface area contributed by atoms with Gasteiger partial charge in [0.05, 0.1) is 13.2 Å². The minimum atomic E-state index is -0.417. The standard InChI is InChI=1S/C11H14N2O3/c1-16-9-4-2-3-8(12)10(9)11(15)13-5-7(14)6-13/h2-4,7,14H,5-6,12H2,1H3. The average Bonchev–Trinajstić information content (AvgIpc) is 2.23. The zero-order valence-corrected chi connectivity index (χ0v) is 9.01. The Kier molecular flexibility index (Phi) is 2.70. The molecule has 1 aliphatic rings. The van der Waals surface area contributed by atoms with Crippen LogP contribution >= 0.6 is 0 Å². The number of ether oxygens (including phenoxy) is 1. The van der Waals surface area contributed by atoms with Gasteiger partial charge >= 0.3 is 0 Å². The van der Waals surface area contributed by atoms with Crippen LogP contribution in [0, 0.1) is 0 Å². The molecule has 1 aromatic rings. The minimum Gasteiger partial charge on any atom is -0.496 e. The summed E-state index contributed by atoms with van der Waals surface area (Å²) < 4.78 is 5.10. The molecule has 1 amide bonds. The summed E-state index contributed by atoms with van der Waals surface area (Å²) in [6.45, 7) is 0.715. The predicted octanol–water partition coefficient (Wildman–Crippen LogP) is 0.0941. The van der Waals surface area contributed by atoms with Crippen LogP contribution in [-0.4, -0.2) is 42.2 Å². The summed E-state index contributed by atoms with van der Waals surface area (Å²) in [5.41, 5.74) is 6.53. The lowest BCUT2D eigenvalue weighted by Crippen LogP contribution is -2.53. The highest BCUT2D eigenvalue weighted by Crippen LogP contribution is 2.27. The molecular weight excluding hydrogens is 208 g/mol. The second-order valence-electron chi connectivity index (χ2n) is 3.79. The van der Waals surface area contributed by atoms with Crippen LogP contribution in [0.5, 0.6) is 5.75 Å². The Hall–Kier alpha value is -1.75. The molecule has 0 unspecified atom stereocenters. The predicted molar refractivity (Wildman–Crippen MR) is 59.3 cm³/mol. The number of likely N-dealkylation sites (tertiary alicyclic amines) is 1. The SMILES string of the molecule is COc1cccc(N)c1C(=O)N1CC(O)C1. The maximum atomic E-state index is 12.0. The summed E-state index contributed by atoms with van der Waals surface area (Å²) in [6.07, 6.45) is -0.417. The van der Waals surface area contributed by atoms with Gasteiger partial charge in [0.25, 0.3) is 5.91 Å². The van der Waals surface area contributed by atoms with Crippen LogP contribution in [0.25, 0.3) is 0 Å². The molecule has 3 N–H and O–H groups in total. The lowest BCUT2D eigenvalue weighted by molar-refractivity contribution is 0.00577. The van der Waals surface area contributed by atoms with Gasteiger partial charge in [0.15, 0.2) is 0 Å². The lowest BCUT2D eigenvalue weighted by Gasteiger charge is -2.36. The summed E-state index contributed by atoms with van der Waals surface area (Å²) in [5, 5.41) is 9.15. The Balaban J connectivity index is 2.28. The van der Waals surface area contributed by atoms with Gasteiger partial charge in [-0.2, -0.15) is 0 Å². The van der Waals surface area contributed by atoms with Crippen molar-refractivity contribution in [2.75, 3.05) is 25.9 Å². The van der Waals surface area contributed by atoms with Crippen LogP contribution in [0.2, 0.25) is 0 Å². The van der Waals surface area contributed by atoms with Gasteiger partial charge in [0.1, 0.15) is 11.3 Å². The van der Waals surface area contributed by atoms with Crippen molar-refractivity contribution in [3.63, 3.8) is 0 Å². The van der Waals surface area contributed by atoms with Gasteiger partial charge in [-0.05, 0) is 12.1 Å². The first-order chi connectivity index (χ1) is 7.63. The second-order valence-corrected chi connectivity index (χ2v) is 3.79. The van der Waals surface area contributed by atoms with E-state index in [1.165, 1.54) is 7.11 Å². The molecule has 1 heterocycles. The van der Waals surface area contributed by atoms with E-state index in [2.05, 4.69) is 0 Å². The van der Waals surface area contributed by atoms with Crippen molar-refractivity contribution >= 4 is 11.6 Å².